The van der Waals surface area contributed by atoms with E-state index in [-0.39, 0.29) is 12.6 Å². The molecule has 1 rings (SSSR count). The molecule has 0 unspecified atom stereocenters. The largest absolute Gasteiger partial charge is 0.395 e. The van der Waals surface area contributed by atoms with Crippen LogP contribution in [-0.2, 0) is 6.54 Å². The maximum atomic E-state index is 8.98. The number of rotatable bonds is 6. The summed E-state index contributed by atoms with van der Waals surface area (Å²) in [4.78, 5) is 10.6. The molecule has 0 saturated carbocycles. The fourth-order valence-corrected chi connectivity index (χ4v) is 1.49. The Balaban J connectivity index is 2.77. The van der Waals surface area contributed by atoms with Gasteiger partial charge < -0.3 is 15.3 Å². The summed E-state index contributed by atoms with van der Waals surface area (Å²) in [5.74, 6) is 0.670. The third kappa shape index (κ3) is 3.43. The highest BCUT2D eigenvalue weighted by atomic mass is 16.3. The third-order valence-corrected chi connectivity index (χ3v) is 2.29. The molecular weight excluding hydrogens is 204 g/mol. The first-order valence-electron chi connectivity index (χ1n) is 5.52. The van der Waals surface area contributed by atoms with E-state index in [1.54, 1.807) is 0 Å². The molecule has 0 saturated heterocycles. The van der Waals surface area contributed by atoms with Gasteiger partial charge in [0.05, 0.1) is 6.61 Å². The first-order valence-corrected chi connectivity index (χ1v) is 5.52. The van der Waals surface area contributed by atoms with Crippen molar-refractivity contribution in [3.05, 3.63) is 18.0 Å². The second-order valence-corrected chi connectivity index (χ2v) is 3.93. The first-order chi connectivity index (χ1) is 7.69. The second kappa shape index (κ2) is 6.40. The van der Waals surface area contributed by atoms with Crippen LogP contribution in [0.15, 0.2) is 12.4 Å². The quantitative estimate of drug-likeness (QED) is 0.732. The minimum absolute atomic E-state index is 0.111. The smallest absolute Gasteiger partial charge is 0.225 e. The lowest BCUT2D eigenvalue weighted by Gasteiger charge is -2.25. The Hall–Kier alpha value is -1.20. The zero-order valence-electron chi connectivity index (χ0n) is 10.1. The maximum Gasteiger partial charge on any atom is 0.225 e. The van der Waals surface area contributed by atoms with Crippen LogP contribution in [0.5, 0.6) is 0 Å². The Morgan fingerprint density at radius 2 is 2.00 bits per heavy atom. The van der Waals surface area contributed by atoms with E-state index in [1.807, 2.05) is 24.3 Å². The molecule has 0 aliphatic rings. The van der Waals surface area contributed by atoms with E-state index in [2.05, 4.69) is 29.1 Å². The van der Waals surface area contributed by atoms with Crippen molar-refractivity contribution in [1.82, 2.24) is 15.3 Å². The van der Waals surface area contributed by atoms with Crippen LogP contribution in [0.3, 0.4) is 0 Å². The van der Waals surface area contributed by atoms with E-state index in [0.29, 0.717) is 12.5 Å². The van der Waals surface area contributed by atoms with Crippen molar-refractivity contribution in [3.63, 3.8) is 0 Å². The topological polar surface area (TPSA) is 61.3 Å². The lowest BCUT2D eigenvalue weighted by molar-refractivity contribution is 0.298. The Morgan fingerprint density at radius 1 is 1.38 bits per heavy atom. The number of aliphatic hydroxyl groups excluding tert-OH is 1. The lowest BCUT2D eigenvalue weighted by Crippen LogP contribution is -2.34. The standard InChI is InChI=1S/C11H20N4O/c1-9(2)15(4-5-16)11-13-7-10(6-12-3)8-14-11/h7-9,12,16H,4-6H2,1-3H3. The molecule has 0 spiro atoms. The van der Waals surface area contributed by atoms with E-state index in [9.17, 15) is 0 Å². The number of anilines is 1. The van der Waals surface area contributed by atoms with E-state index in [4.69, 9.17) is 5.11 Å². The summed E-state index contributed by atoms with van der Waals surface area (Å²) >= 11 is 0. The summed E-state index contributed by atoms with van der Waals surface area (Å²) in [7, 11) is 1.89. The van der Waals surface area contributed by atoms with Crippen molar-refractivity contribution in [2.45, 2.75) is 26.4 Å². The monoisotopic (exact) mass is 224 g/mol. The summed E-state index contributed by atoms with van der Waals surface area (Å²) in [6, 6.07) is 0.280. The summed E-state index contributed by atoms with van der Waals surface area (Å²) in [5, 5.41) is 12.0. The number of aromatic nitrogens is 2. The van der Waals surface area contributed by atoms with E-state index < -0.39 is 0 Å². The highest BCUT2D eigenvalue weighted by molar-refractivity contribution is 5.31. The van der Waals surface area contributed by atoms with Gasteiger partial charge in [-0.15, -0.1) is 0 Å². The lowest BCUT2D eigenvalue weighted by atomic mass is 10.3. The molecule has 0 aliphatic carbocycles. The van der Waals surface area contributed by atoms with Crippen molar-refractivity contribution in [1.29, 1.82) is 0 Å². The van der Waals surface area contributed by atoms with Crippen LogP contribution in [-0.4, -0.2) is 41.3 Å². The molecule has 0 aliphatic heterocycles. The molecular formula is C11H20N4O. The normalized spacial score (nSPS) is 10.8. The number of aliphatic hydroxyl groups is 1. The molecule has 0 aromatic carbocycles. The highest BCUT2D eigenvalue weighted by Crippen LogP contribution is 2.10. The predicted molar refractivity (Wildman–Crippen MR) is 64.4 cm³/mol. The maximum absolute atomic E-state index is 8.98. The van der Waals surface area contributed by atoms with Gasteiger partial charge in [-0.2, -0.15) is 0 Å². The van der Waals surface area contributed by atoms with Gasteiger partial charge in [-0.3, -0.25) is 0 Å². The number of hydrogen-bond acceptors (Lipinski definition) is 5. The van der Waals surface area contributed by atoms with Crippen LogP contribution in [0.25, 0.3) is 0 Å². The number of hydrogen-bond donors (Lipinski definition) is 2. The molecule has 1 aromatic rings. The molecule has 0 amide bonds. The molecule has 0 atom stereocenters. The number of nitrogens with one attached hydrogen (secondary N) is 1. The van der Waals surface area contributed by atoms with Gasteiger partial charge in [-0.25, -0.2) is 9.97 Å². The van der Waals surface area contributed by atoms with Gasteiger partial charge in [0.15, 0.2) is 0 Å². The Kier molecular flexibility index (Phi) is 5.14. The van der Waals surface area contributed by atoms with Gasteiger partial charge in [0.1, 0.15) is 0 Å². The third-order valence-electron chi connectivity index (χ3n) is 2.29. The van der Waals surface area contributed by atoms with E-state index >= 15 is 0 Å². The molecule has 2 N–H and O–H groups in total. The Morgan fingerprint density at radius 3 is 2.44 bits per heavy atom. The molecule has 0 bridgehead atoms. The SMILES string of the molecule is CNCc1cnc(N(CCO)C(C)C)nc1. The van der Waals surface area contributed by atoms with Gasteiger partial charge in [0, 0.05) is 37.1 Å². The summed E-state index contributed by atoms with van der Waals surface area (Å²) in [6.45, 7) is 5.55. The van der Waals surface area contributed by atoms with Crippen LogP contribution in [0.4, 0.5) is 5.95 Å². The van der Waals surface area contributed by atoms with Crippen LogP contribution in [0, 0.1) is 0 Å². The predicted octanol–water partition coefficient (Wildman–Crippen LogP) is 0.403. The van der Waals surface area contributed by atoms with E-state index in [0.717, 1.165) is 12.1 Å². The van der Waals surface area contributed by atoms with Crippen LogP contribution in [0.2, 0.25) is 0 Å². The number of nitrogens with zero attached hydrogens (tertiary/aromatic N) is 3. The van der Waals surface area contributed by atoms with Gasteiger partial charge in [0.25, 0.3) is 0 Å². The van der Waals surface area contributed by atoms with Crippen molar-refractivity contribution >= 4 is 5.95 Å². The summed E-state index contributed by atoms with van der Waals surface area (Å²) in [6.07, 6.45) is 3.62. The van der Waals surface area contributed by atoms with Crippen LogP contribution in [0.1, 0.15) is 19.4 Å². The van der Waals surface area contributed by atoms with Crippen molar-refractivity contribution in [3.8, 4) is 0 Å². The minimum Gasteiger partial charge on any atom is -0.395 e. The Labute approximate surface area is 96.5 Å². The van der Waals surface area contributed by atoms with Gasteiger partial charge in [0.2, 0.25) is 5.95 Å². The van der Waals surface area contributed by atoms with Crippen molar-refractivity contribution in [2.75, 3.05) is 25.1 Å². The van der Waals surface area contributed by atoms with Gasteiger partial charge >= 0.3 is 0 Å². The van der Waals surface area contributed by atoms with Crippen LogP contribution >= 0.6 is 0 Å². The molecule has 1 aromatic heterocycles. The van der Waals surface area contributed by atoms with E-state index in [1.165, 1.54) is 0 Å². The molecule has 5 nitrogen and oxygen atoms in total. The average Bonchev–Trinajstić information content (AvgIpc) is 2.27. The molecule has 90 valence electrons. The minimum atomic E-state index is 0.111. The van der Waals surface area contributed by atoms with Crippen molar-refractivity contribution in [2.24, 2.45) is 0 Å². The molecule has 0 radical (unpaired) electrons. The van der Waals surface area contributed by atoms with Gasteiger partial charge in [-0.1, -0.05) is 0 Å². The molecule has 5 heteroatoms. The zero-order valence-corrected chi connectivity index (χ0v) is 10.1. The van der Waals surface area contributed by atoms with Crippen LogP contribution < -0.4 is 10.2 Å². The molecule has 0 fully saturated rings. The first kappa shape index (κ1) is 12.9. The zero-order chi connectivity index (χ0) is 12.0. The molecule has 1 heterocycles. The fraction of sp³-hybridized carbons (Fsp3) is 0.636. The molecule has 16 heavy (non-hydrogen) atoms. The average molecular weight is 224 g/mol. The van der Waals surface area contributed by atoms with Gasteiger partial charge in [-0.05, 0) is 20.9 Å². The fourth-order valence-electron chi connectivity index (χ4n) is 1.49. The van der Waals surface area contributed by atoms with Crippen molar-refractivity contribution < 1.29 is 5.11 Å². The highest BCUT2D eigenvalue weighted by Gasteiger charge is 2.12. The summed E-state index contributed by atoms with van der Waals surface area (Å²) in [5.41, 5.74) is 1.05. The second-order valence-electron chi connectivity index (χ2n) is 3.93. The summed E-state index contributed by atoms with van der Waals surface area (Å²) < 4.78 is 0. The Bertz CT molecular complexity index is 299.